The number of halogens is 2. The quantitative estimate of drug-likeness (QED) is 0.678. The standard InChI is InChI=1S/C10H11BrFN/c1-13-3-2-9-7(6-13)4-8(12)5-10(9)11/h4-5H,2-3,6H2,1H3. The van der Waals surface area contributed by atoms with Crippen molar-refractivity contribution in [3.05, 3.63) is 33.5 Å². The molecular weight excluding hydrogens is 233 g/mol. The highest BCUT2D eigenvalue weighted by atomic mass is 79.9. The van der Waals surface area contributed by atoms with E-state index in [1.54, 1.807) is 12.1 Å². The number of nitrogens with zero attached hydrogens (tertiary/aromatic N) is 1. The number of fused-ring (bicyclic) bond motifs is 1. The summed E-state index contributed by atoms with van der Waals surface area (Å²) in [5.74, 6) is -0.152. The molecule has 1 heterocycles. The van der Waals surface area contributed by atoms with Crippen LogP contribution in [0.5, 0.6) is 0 Å². The van der Waals surface area contributed by atoms with E-state index < -0.39 is 0 Å². The Morgan fingerprint density at radius 1 is 1.46 bits per heavy atom. The van der Waals surface area contributed by atoms with Gasteiger partial charge in [-0.3, -0.25) is 0 Å². The molecule has 1 aromatic rings. The molecule has 0 fully saturated rings. The van der Waals surface area contributed by atoms with Gasteiger partial charge in [0.25, 0.3) is 0 Å². The molecule has 1 nitrogen and oxygen atoms in total. The molecule has 13 heavy (non-hydrogen) atoms. The molecule has 70 valence electrons. The highest BCUT2D eigenvalue weighted by Crippen LogP contribution is 2.26. The Kier molecular flexibility index (Phi) is 2.39. The normalized spacial score (nSPS) is 17.2. The number of hydrogen-bond acceptors (Lipinski definition) is 1. The maximum Gasteiger partial charge on any atom is 0.124 e. The maximum atomic E-state index is 13.0. The molecule has 0 unspecified atom stereocenters. The summed E-state index contributed by atoms with van der Waals surface area (Å²) in [5.41, 5.74) is 2.38. The van der Waals surface area contributed by atoms with Crippen LogP contribution in [-0.4, -0.2) is 18.5 Å². The summed E-state index contributed by atoms with van der Waals surface area (Å²) in [6.07, 6.45) is 1.01. The van der Waals surface area contributed by atoms with Crippen molar-refractivity contribution in [1.29, 1.82) is 0 Å². The minimum Gasteiger partial charge on any atom is -0.302 e. The lowest BCUT2D eigenvalue weighted by Crippen LogP contribution is -2.26. The maximum absolute atomic E-state index is 13.0. The molecule has 1 aliphatic heterocycles. The first kappa shape index (κ1) is 9.16. The van der Waals surface area contributed by atoms with Crippen molar-refractivity contribution in [2.45, 2.75) is 13.0 Å². The molecule has 1 aromatic carbocycles. The van der Waals surface area contributed by atoms with Crippen LogP contribution in [0.15, 0.2) is 16.6 Å². The van der Waals surface area contributed by atoms with Crippen LogP contribution in [0.1, 0.15) is 11.1 Å². The molecule has 0 spiro atoms. The van der Waals surface area contributed by atoms with Crippen LogP contribution in [0.25, 0.3) is 0 Å². The summed E-state index contributed by atoms with van der Waals surface area (Å²) < 4.78 is 13.9. The van der Waals surface area contributed by atoms with E-state index in [1.165, 1.54) is 5.56 Å². The van der Waals surface area contributed by atoms with Crippen molar-refractivity contribution in [3.63, 3.8) is 0 Å². The molecule has 0 aliphatic carbocycles. The SMILES string of the molecule is CN1CCc2c(Br)cc(F)cc2C1. The fourth-order valence-corrected chi connectivity index (χ4v) is 2.42. The van der Waals surface area contributed by atoms with Crippen molar-refractivity contribution < 1.29 is 4.39 Å². The molecule has 0 atom stereocenters. The molecule has 0 radical (unpaired) electrons. The molecule has 0 amide bonds. The van der Waals surface area contributed by atoms with Crippen LogP contribution in [-0.2, 0) is 13.0 Å². The summed E-state index contributed by atoms with van der Waals surface area (Å²) in [6, 6.07) is 3.18. The Morgan fingerprint density at radius 3 is 3.00 bits per heavy atom. The third-order valence-corrected chi connectivity index (χ3v) is 3.14. The lowest BCUT2D eigenvalue weighted by molar-refractivity contribution is 0.311. The Morgan fingerprint density at radius 2 is 2.23 bits per heavy atom. The average molecular weight is 244 g/mol. The fourth-order valence-electron chi connectivity index (χ4n) is 1.75. The Labute approximate surface area is 85.7 Å². The van der Waals surface area contributed by atoms with Crippen molar-refractivity contribution in [2.75, 3.05) is 13.6 Å². The minimum atomic E-state index is -0.152. The zero-order chi connectivity index (χ0) is 9.42. The predicted octanol–water partition coefficient (Wildman–Crippen LogP) is 2.58. The average Bonchev–Trinajstić information content (AvgIpc) is 2.02. The van der Waals surface area contributed by atoms with E-state index in [4.69, 9.17) is 0 Å². The molecule has 0 bridgehead atoms. The highest BCUT2D eigenvalue weighted by molar-refractivity contribution is 9.10. The van der Waals surface area contributed by atoms with Crippen LogP contribution < -0.4 is 0 Å². The van der Waals surface area contributed by atoms with E-state index >= 15 is 0 Å². The largest absolute Gasteiger partial charge is 0.302 e. The second-order valence-corrected chi connectivity index (χ2v) is 4.37. The van der Waals surface area contributed by atoms with Gasteiger partial charge in [0.2, 0.25) is 0 Å². The van der Waals surface area contributed by atoms with E-state index in [-0.39, 0.29) is 5.82 Å². The third-order valence-electron chi connectivity index (χ3n) is 2.44. The van der Waals surface area contributed by atoms with Gasteiger partial charge >= 0.3 is 0 Å². The van der Waals surface area contributed by atoms with Gasteiger partial charge in [-0.05, 0) is 36.7 Å². The van der Waals surface area contributed by atoms with Gasteiger partial charge in [-0.1, -0.05) is 15.9 Å². The first-order chi connectivity index (χ1) is 6.16. The lowest BCUT2D eigenvalue weighted by atomic mass is 10.0. The van der Waals surface area contributed by atoms with Gasteiger partial charge in [0.05, 0.1) is 0 Å². The van der Waals surface area contributed by atoms with Crippen LogP contribution in [0.2, 0.25) is 0 Å². The first-order valence-electron chi connectivity index (χ1n) is 4.32. The minimum absolute atomic E-state index is 0.152. The molecule has 2 rings (SSSR count). The Balaban J connectivity index is 2.47. The monoisotopic (exact) mass is 243 g/mol. The zero-order valence-electron chi connectivity index (χ0n) is 7.48. The van der Waals surface area contributed by atoms with Gasteiger partial charge in [0.1, 0.15) is 5.82 Å². The van der Waals surface area contributed by atoms with Crippen LogP contribution in [0.3, 0.4) is 0 Å². The van der Waals surface area contributed by atoms with E-state index in [9.17, 15) is 4.39 Å². The molecule has 3 heteroatoms. The lowest BCUT2D eigenvalue weighted by Gasteiger charge is -2.25. The smallest absolute Gasteiger partial charge is 0.124 e. The van der Waals surface area contributed by atoms with E-state index in [1.807, 2.05) is 0 Å². The number of hydrogen-bond donors (Lipinski definition) is 0. The Hall–Kier alpha value is -0.410. The summed E-state index contributed by atoms with van der Waals surface area (Å²) in [4.78, 5) is 2.20. The van der Waals surface area contributed by atoms with Crippen molar-refractivity contribution in [3.8, 4) is 0 Å². The molecule has 0 aromatic heterocycles. The van der Waals surface area contributed by atoms with Crippen LogP contribution >= 0.6 is 15.9 Å². The van der Waals surface area contributed by atoms with Gasteiger partial charge in [-0.2, -0.15) is 0 Å². The van der Waals surface area contributed by atoms with Gasteiger partial charge in [0, 0.05) is 17.6 Å². The number of rotatable bonds is 0. The highest BCUT2D eigenvalue weighted by Gasteiger charge is 2.16. The van der Waals surface area contributed by atoms with E-state index in [0.29, 0.717) is 0 Å². The summed E-state index contributed by atoms with van der Waals surface area (Å²) in [5, 5.41) is 0. The number of likely N-dealkylation sites (N-methyl/N-ethyl adjacent to an activating group) is 1. The summed E-state index contributed by atoms with van der Waals surface area (Å²) >= 11 is 3.39. The van der Waals surface area contributed by atoms with Crippen molar-refractivity contribution >= 4 is 15.9 Å². The van der Waals surface area contributed by atoms with Crippen LogP contribution in [0, 0.1) is 5.82 Å². The molecular formula is C10H11BrFN. The van der Waals surface area contributed by atoms with E-state index in [0.717, 1.165) is 29.5 Å². The topological polar surface area (TPSA) is 3.24 Å². The van der Waals surface area contributed by atoms with Gasteiger partial charge < -0.3 is 4.90 Å². The molecule has 0 saturated carbocycles. The van der Waals surface area contributed by atoms with Gasteiger partial charge in [0.15, 0.2) is 0 Å². The molecule has 0 N–H and O–H groups in total. The van der Waals surface area contributed by atoms with Crippen molar-refractivity contribution in [1.82, 2.24) is 4.90 Å². The second kappa shape index (κ2) is 3.39. The second-order valence-electron chi connectivity index (χ2n) is 3.51. The van der Waals surface area contributed by atoms with Crippen molar-refractivity contribution in [2.24, 2.45) is 0 Å². The zero-order valence-corrected chi connectivity index (χ0v) is 9.07. The predicted molar refractivity (Wildman–Crippen MR) is 54.1 cm³/mol. The van der Waals surface area contributed by atoms with E-state index in [2.05, 4.69) is 27.9 Å². The Bertz CT molecular complexity index is 338. The molecule has 0 saturated heterocycles. The summed E-state index contributed by atoms with van der Waals surface area (Å²) in [7, 11) is 2.06. The third kappa shape index (κ3) is 1.76. The molecule has 1 aliphatic rings. The van der Waals surface area contributed by atoms with Gasteiger partial charge in [-0.15, -0.1) is 0 Å². The fraction of sp³-hybridized carbons (Fsp3) is 0.400. The number of benzene rings is 1. The van der Waals surface area contributed by atoms with Crippen LogP contribution in [0.4, 0.5) is 4.39 Å². The first-order valence-corrected chi connectivity index (χ1v) is 5.11. The van der Waals surface area contributed by atoms with Gasteiger partial charge in [-0.25, -0.2) is 4.39 Å². The summed E-state index contributed by atoms with van der Waals surface area (Å²) in [6.45, 7) is 1.91.